The highest BCUT2D eigenvalue weighted by molar-refractivity contribution is 5.80. The molecular weight excluding hydrogens is 224 g/mol. The van der Waals surface area contributed by atoms with Gasteiger partial charge in [-0.2, -0.15) is 0 Å². The number of hydrogen-bond acceptors (Lipinski definition) is 2. The molecule has 1 saturated heterocycles. The van der Waals surface area contributed by atoms with Crippen LogP contribution in [0.25, 0.3) is 0 Å². The molecule has 4 unspecified atom stereocenters. The van der Waals surface area contributed by atoms with Gasteiger partial charge in [0.05, 0.1) is 0 Å². The number of piperidine rings is 1. The van der Waals surface area contributed by atoms with Crippen LogP contribution in [0, 0.1) is 17.8 Å². The topological polar surface area (TPSA) is 32.3 Å². The Morgan fingerprint density at radius 1 is 1.28 bits per heavy atom. The van der Waals surface area contributed by atoms with Crippen LogP contribution in [-0.4, -0.2) is 36.5 Å². The minimum Gasteiger partial charge on any atom is -0.338 e. The van der Waals surface area contributed by atoms with Crippen molar-refractivity contribution >= 4 is 5.91 Å². The number of hydrogen-bond donors (Lipinski definition) is 1. The molecule has 1 N–H and O–H groups in total. The van der Waals surface area contributed by atoms with Gasteiger partial charge >= 0.3 is 0 Å². The van der Waals surface area contributed by atoms with Crippen LogP contribution >= 0.6 is 0 Å². The Bertz CT molecular complexity index is 312. The largest absolute Gasteiger partial charge is 0.338 e. The molecule has 3 heteroatoms. The van der Waals surface area contributed by atoms with E-state index in [-0.39, 0.29) is 0 Å². The van der Waals surface area contributed by atoms with Crippen LogP contribution in [-0.2, 0) is 4.79 Å². The van der Waals surface area contributed by atoms with E-state index in [4.69, 9.17) is 0 Å². The van der Waals surface area contributed by atoms with Crippen LogP contribution in [0.1, 0.15) is 45.4 Å². The van der Waals surface area contributed by atoms with E-state index in [1.807, 2.05) is 0 Å². The first-order valence-corrected chi connectivity index (χ1v) is 7.80. The van der Waals surface area contributed by atoms with Crippen LogP contribution in [0.2, 0.25) is 0 Å². The normalized spacial score (nSPS) is 38.9. The standard InChI is InChI=1S/C15H26N2O/c1-2-17(13-4-3-7-16-10-13)15(18)14-9-11-5-6-12(14)8-11/h11-14,16H,2-10H2,1H3. The zero-order chi connectivity index (χ0) is 12.5. The number of carbonyl (C=O) groups excluding carboxylic acids is 1. The molecule has 3 nitrogen and oxygen atoms in total. The molecule has 1 aliphatic heterocycles. The first-order chi connectivity index (χ1) is 8.79. The summed E-state index contributed by atoms with van der Waals surface area (Å²) in [5.74, 6) is 2.42. The van der Waals surface area contributed by atoms with E-state index < -0.39 is 0 Å². The number of nitrogens with one attached hydrogen (secondary N) is 1. The third-order valence-corrected chi connectivity index (χ3v) is 5.39. The predicted molar refractivity (Wildman–Crippen MR) is 72.2 cm³/mol. The molecule has 3 rings (SSSR count). The SMILES string of the molecule is CCN(C(=O)C1CC2CCC1C2)C1CCCNC1. The number of carbonyl (C=O) groups is 1. The second-order valence-electron chi connectivity index (χ2n) is 6.41. The van der Waals surface area contributed by atoms with E-state index in [1.54, 1.807) is 0 Å². The van der Waals surface area contributed by atoms with Gasteiger partial charge in [0, 0.05) is 25.0 Å². The molecule has 0 radical (unpaired) electrons. The lowest BCUT2D eigenvalue weighted by Gasteiger charge is -2.37. The fourth-order valence-corrected chi connectivity index (χ4v) is 4.45. The van der Waals surface area contributed by atoms with Crippen molar-refractivity contribution in [3.8, 4) is 0 Å². The van der Waals surface area contributed by atoms with Gasteiger partial charge in [-0.3, -0.25) is 4.79 Å². The molecule has 3 fully saturated rings. The lowest BCUT2D eigenvalue weighted by atomic mass is 9.87. The maximum atomic E-state index is 12.8. The number of likely N-dealkylation sites (N-methyl/N-ethyl adjacent to an activating group) is 1. The third-order valence-electron chi connectivity index (χ3n) is 5.39. The highest BCUT2D eigenvalue weighted by Crippen LogP contribution is 2.49. The second kappa shape index (κ2) is 5.20. The van der Waals surface area contributed by atoms with Crippen LogP contribution in [0.5, 0.6) is 0 Å². The second-order valence-corrected chi connectivity index (χ2v) is 6.41. The lowest BCUT2D eigenvalue weighted by Crippen LogP contribution is -2.51. The van der Waals surface area contributed by atoms with Crippen molar-refractivity contribution < 1.29 is 4.79 Å². The number of amides is 1. The van der Waals surface area contributed by atoms with Gasteiger partial charge in [-0.1, -0.05) is 6.42 Å². The van der Waals surface area contributed by atoms with Crippen molar-refractivity contribution in [1.29, 1.82) is 0 Å². The van der Waals surface area contributed by atoms with Crippen molar-refractivity contribution in [3.63, 3.8) is 0 Å². The smallest absolute Gasteiger partial charge is 0.226 e. The fourth-order valence-electron chi connectivity index (χ4n) is 4.45. The summed E-state index contributed by atoms with van der Waals surface area (Å²) in [6, 6.07) is 0.454. The van der Waals surface area contributed by atoms with Crippen molar-refractivity contribution in [2.75, 3.05) is 19.6 Å². The molecule has 0 aromatic heterocycles. The van der Waals surface area contributed by atoms with Crippen molar-refractivity contribution in [3.05, 3.63) is 0 Å². The highest BCUT2D eigenvalue weighted by Gasteiger charge is 2.45. The molecule has 102 valence electrons. The molecule has 3 aliphatic rings. The quantitative estimate of drug-likeness (QED) is 0.831. The van der Waals surface area contributed by atoms with Crippen molar-refractivity contribution in [1.82, 2.24) is 10.2 Å². The molecule has 18 heavy (non-hydrogen) atoms. The Hall–Kier alpha value is -0.570. The molecule has 1 heterocycles. The van der Waals surface area contributed by atoms with Gasteiger partial charge in [-0.15, -0.1) is 0 Å². The van der Waals surface area contributed by atoms with E-state index in [1.165, 1.54) is 38.5 Å². The molecule has 2 aliphatic carbocycles. The molecule has 0 spiro atoms. The summed E-state index contributed by atoms with van der Waals surface area (Å²) in [4.78, 5) is 14.9. The fraction of sp³-hybridized carbons (Fsp3) is 0.933. The van der Waals surface area contributed by atoms with E-state index in [0.29, 0.717) is 23.8 Å². The number of fused-ring (bicyclic) bond motifs is 2. The summed E-state index contributed by atoms with van der Waals surface area (Å²) in [6.07, 6.45) is 7.60. The van der Waals surface area contributed by atoms with Gasteiger partial charge in [0.1, 0.15) is 0 Å². The summed E-state index contributed by atoms with van der Waals surface area (Å²) in [5, 5.41) is 3.44. The summed E-state index contributed by atoms with van der Waals surface area (Å²) >= 11 is 0. The van der Waals surface area contributed by atoms with Crippen molar-refractivity contribution in [2.24, 2.45) is 17.8 Å². The lowest BCUT2D eigenvalue weighted by molar-refractivity contribution is -0.139. The molecular formula is C15H26N2O. The van der Waals surface area contributed by atoms with E-state index in [2.05, 4.69) is 17.1 Å². The maximum Gasteiger partial charge on any atom is 0.226 e. The molecule has 0 aromatic carbocycles. The van der Waals surface area contributed by atoms with Crippen LogP contribution in [0.4, 0.5) is 0 Å². The van der Waals surface area contributed by atoms with Gasteiger partial charge in [0.15, 0.2) is 0 Å². The first kappa shape index (κ1) is 12.5. The average molecular weight is 250 g/mol. The molecule has 1 amide bonds. The first-order valence-electron chi connectivity index (χ1n) is 7.80. The van der Waals surface area contributed by atoms with E-state index in [9.17, 15) is 4.79 Å². The van der Waals surface area contributed by atoms with Gasteiger partial charge in [0.25, 0.3) is 0 Å². The Labute approximate surface area is 110 Å². The number of rotatable bonds is 3. The third kappa shape index (κ3) is 2.18. The monoisotopic (exact) mass is 250 g/mol. The maximum absolute atomic E-state index is 12.8. The van der Waals surface area contributed by atoms with Gasteiger partial charge in [-0.05, 0) is 57.4 Å². The van der Waals surface area contributed by atoms with E-state index in [0.717, 1.165) is 25.6 Å². The highest BCUT2D eigenvalue weighted by atomic mass is 16.2. The Kier molecular flexibility index (Phi) is 3.60. The minimum atomic E-state index is 0.366. The molecule has 4 atom stereocenters. The van der Waals surface area contributed by atoms with E-state index >= 15 is 0 Å². The van der Waals surface area contributed by atoms with Gasteiger partial charge < -0.3 is 10.2 Å². The Morgan fingerprint density at radius 2 is 2.17 bits per heavy atom. The summed E-state index contributed by atoms with van der Waals surface area (Å²) in [5.41, 5.74) is 0. The Morgan fingerprint density at radius 3 is 2.72 bits per heavy atom. The summed E-state index contributed by atoms with van der Waals surface area (Å²) in [6.45, 7) is 5.15. The average Bonchev–Trinajstić information content (AvgIpc) is 3.03. The summed E-state index contributed by atoms with van der Waals surface area (Å²) < 4.78 is 0. The van der Waals surface area contributed by atoms with Gasteiger partial charge in [0.2, 0.25) is 5.91 Å². The van der Waals surface area contributed by atoms with Crippen LogP contribution in [0.3, 0.4) is 0 Å². The van der Waals surface area contributed by atoms with Crippen molar-refractivity contribution in [2.45, 2.75) is 51.5 Å². The zero-order valence-corrected chi connectivity index (χ0v) is 11.5. The molecule has 2 saturated carbocycles. The predicted octanol–water partition coefficient (Wildman–Crippen LogP) is 2.02. The van der Waals surface area contributed by atoms with Gasteiger partial charge in [-0.25, -0.2) is 0 Å². The zero-order valence-electron chi connectivity index (χ0n) is 11.5. The van der Waals surface area contributed by atoms with Crippen LogP contribution < -0.4 is 5.32 Å². The Balaban J connectivity index is 1.65. The van der Waals surface area contributed by atoms with Crippen LogP contribution in [0.15, 0.2) is 0 Å². The number of nitrogens with zero attached hydrogens (tertiary/aromatic N) is 1. The molecule has 2 bridgehead atoms. The minimum absolute atomic E-state index is 0.366. The summed E-state index contributed by atoms with van der Waals surface area (Å²) in [7, 11) is 0. The molecule has 0 aromatic rings.